The molecule has 1 aromatic carbocycles. The molecule has 2 N–H and O–H groups in total. The summed E-state index contributed by atoms with van der Waals surface area (Å²) < 4.78 is 26.5. The van der Waals surface area contributed by atoms with Crippen molar-refractivity contribution in [3.8, 4) is 0 Å². The van der Waals surface area contributed by atoms with E-state index in [9.17, 15) is 8.42 Å². The zero-order valence-electron chi connectivity index (χ0n) is 12.2. The summed E-state index contributed by atoms with van der Waals surface area (Å²) >= 11 is 1.59. The van der Waals surface area contributed by atoms with Gasteiger partial charge in [0.15, 0.2) is 0 Å². The van der Waals surface area contributed by atoms with E-state index >= 15 is 0 Å². The van der Waals surface area contributed by atoms with Gasteiger partial charge in [0.1, 0.15) is 0 Å². The van der Waals surface area contributed by atoms with E-state index in [1.54, 1.807) is 17.8 Å². The van der Waals surface area contributed by atoms with Crippen LogP contribution >= 0.6 is 11.8 Å². The molecule has 1 rings (SSSR count). The molecule has 0 radical (unpaired) electrons. The highest BCUT2D eigenvalue weighted by molar-refractivity contribution is 7.98. The molecule has 0 saturated carbocycles. The van der Waals surface area contributed by atoms with Crippen LogP contribution < -0.4 is 10.0 Å². The molecule has 0 amide bonds. The lowest BCUT2D eigenvalue weighted by molar-refractivity contribution is 0.590. The molecule has 0 aromatic heterocycles. The van der Waals surface area contributed by atoms with Crippen LogP contribution in [0.2, 0.25) is 0 Å². The lowest BCUT2D eigenvalue weighted by atomic mass is 10.3. The Balaban J connectivity index is 2.37. The Morgan fingerprint density at radius 1 is 1.20 bits per heavy atom. The number of hydrogen-bond acceptors (Lipinski definition) is 4. The first-order valence-corrected chi connectivity index (χ1v) is 9.80. The van der Waals surface area contributed by atoms with Crippen molar-refractivity contribution in [2.24, 2.45) is 0 Å². The molecule has 0 saturated heterocycles. The van der Waals surface area contributed by atoms with Gasteiger partial charge >= 0.3 is 0 Å². The Morgan fingerprint density at radius 2 is 2.00 bits per heavy atom. The van der Waals surface area contributed by atoms with E-state index < -0.39 is 10.0 Å². The second-order valence-electron chi connectivity index (χ2n) is 4.61. The fourth-order valence-electron chi connectivity index (χ4n) is 1.76. The van der Waals surface area contributed by atoms with Crippen LogP contribution in [-0.2, 0) is 10.0 Å². The highest BCUT2D eigenvalue weighted by atomic mass is 32.2. The topological polar surface area (TPSA) is 58.2 Å². The van der Waals surface area contributed by atoms with Crippen LogP contribution in [0.25, 0.3) is 0 Å². The minimum Gasteiger partial charge on any atom is -0.317 e. The first kappa shape index (κ1) is 17.3. The minimum atomic E-state index is -3.24. The highest BCUT2D eigenvalue weighted by Gasteiger charge is 2.10. The largest absolute Gasteiger partial charge is 0.317 e. The van der Waals surface area contributed by atoms with E-state index in [2.05, 4.69) is 17.0 Å². The fraction of sp³-hybridized carbons (Fsp3) is 0.571. The molecule has 114 valence electrons. The van der Waals surface area contributed by atoms with Gasteiger partial charge in [-0.1, -0.05) is 13.0 Å². The van der Waals surface area contributed by atoms with Gasteiger partial charge in [0.05, 0.1) is 5.75 Å². The molecule has 0 atom stereocenters. The molecule has 0 aliphatic heterocycles. The third kappa shape index (κ3) is 7.17. The third-order valence-corrected chi connectivity index (χ3v) is 4.88. The molecule has 1 aromatic rings. The van der Waals surface area contributed by atoms with Crippen LogP contribution in [0.15, 0.2) is 29.2 Å². The molecular weight excluding hydrogens is 292 g/mol. The SMILES string of the molecule is CCCNCCCCS(=O)(=O)Nc1cccc(SC)c1. The number of nitrogens with one attached hydrogen (secondary N) is 2. The molecule has 0 bridgehead atoms. The average Bonchev–Trinajstić information content (AvgIpc) is 2.42. The summed E-state index contributed by atoms with van der Waals surface area (Å²) in [4.78, 5) is 1.05. The van der Waals surface area contributed by atoms with Crippen molar-refractivity contribution in [1.29, 1.82) is 0 Å². The number of rotatable bonds is 10. The summed E-state index contributed by atoms with van der Waals surface area (Å²) in [5.74, 6) is 0.171. The fourth-order valence-corrected chi connectivity index (χ4v) is 3.39. The Morgan fingerprint density at radius 3 is 2.70 bits per heavy atom. The van der Waals surface area contributed by atoms with Crippen molar-refractivity contribution >= 4 is 27.5 Å². The second-order valence-corrected chi connectivity index (χ2v) is 7.33. The van der Waals surface area contributed by atoms with E-state index in [0.29, 0.717) is 12.1 Å². The maximum absolute atomic E-state index is 12.0. The molecule has 0 aliphatic carbocycles. The van der Waals surface area contributed by atoms with Crippen molar-refractivity contribution in [3.63, 3.8) is 0 Å². The molecular formula is C14H24N2O2S2. The molecule has 4 nitrogen and oxygen atoms in total. The second kappa shape index (κ2) is 9.26. The van der Waals surface area contributed by atoms with Gasteiger partial charge in [0.2, 0.25) is 10.0 Å². The number of thioether (sulfide) groups is 1. The smallest absolute Gasteiger partial charge is 0.232 e. The van der Waals surface area contributed by atoms with Crippen LogP contribution in [0.1, 0.15) is 26.2 Å². The average molecular weight is 316 g/mol. The van der Waals surface area contributed by atoms with Crippen molar-refractivity contribution in [3.05, 3.63) is 24.3 Å². The van der Waals surface area contributed by atoms with Crippen LogP contribution in [0.4, 0.5) is 5.69 Å². The quantitative estimate of drug-likeness (QED) is 0.515. The van der Waals surface area contributed by atoms with Gasteiger partial charge in [-0.05, 0) is 56.8 Å². The maximum atomic E-state index is 12.0. The van der Waals surface area contributed by atoms with Crippen molar-refractivity contribution in [2.75, 3.05) is 29.8 Å². The van der Waals surface area contributed by atoms with Crippen molar-refractivity contribution in [2.45, 2.75) is 31.1 Å². The first-order chi connectivity index (χ1) is 9.57. The molecule has 6 heteroatoms. The molecule has 0 unspecified atom stereocenters. The van der Waals surface area contributed by atoms with Gasteiger partial charge < -0.3 is 5.32 Å². The monoisotopic (exact) mass is 316 g/mol. The van der Waals surface area contributed by atoms with E-state index in [-0.39, 0.29) is 5.75 Å². The molecule has 20 heavy (non-hydrogen) atoms. The van der Waals surface area contributed by atoms with E-state index in [1.807, 2.05) is 24.5 Å². The lowest BCUT2D eigenvalue weighted by Crippen LogP contribution is -2.19. The number of anilines is 1. The lowest BCUT2D eigenvalue weighted by Gasteiger charge is -2.09. The van der Waals surface area contributed by atoms with Crippen LogP contribution in [0, 0.1) is 0 Å². The summed E-state index contributed by atoms with van der Waals surface area (Å²) in [6, 6.07) is 7.45. The standard InChI is InChI=1S/C14H24N2O2S2/c1-3-9-15-10-4-5-11-20(17,18)16-13-7-6-8-14(12-13)19-2/h6-8,12,15-16H,3-5,9-11H2,1-2H3. The summed E-state index contributed by atoms with van der Waals surface area (Å²) in [6.45, 7) is 3.99. The Kier molecular flexibility index (Phi) is 8.02. The van der Waals surface area contributed by atoms with E-state index in [4.69, 9.17) is 0 Å². The normalized spacial score (nSPS) is 11.5. The van der Waals surface area contributed by atoms with Gasteiger partial charge in [-0.15, -0.1) is 11.8 Å². The molecule has 0 fully saturated rings. The number of benzene rings is 1. The molecule has 0 spiro atoms. The summed E-state index contributed by atoms with van der Waals surface area (Å²) in [6.07, 6.45) is 4.63. The van der Waals surface area contributed by atoms with Gasteiger partial charge in [0.25, 0.3) is 0 Å². The van der Waals surface area contributed by atoms with E-state index in [0.717, 1.165) is 30.8 Å². The van der Waals surface area contributed by atoms with Crippen LogP contribution in [0.5, 0.6) is 0 Å². The predicted molar refractivity (Wildman–Crippen MR) is 88.0 cm³/mol. The Hall–Kier alpha value is -0.720. The van der Waals surface area contributed by atoms with Gasteiger partial charge in [-0.2, -0.15) is 0 Å². The Bertz CT molecular complexity index is 490. The zero-order valence-corrected chi connectivity index (χ0v) is 13.8. The van der Waals surface area contributed by atoms with Crippen molar-refractivity contribution in [1.82, 2.24) is 5.32 Å². The predicted octanol–water partition coefficient (Wildman–Crippen LogP) is 2.93. The highest BCUT2D eigenvalue weighted by Crippen LogP contribution is 2.19. The number of sulfonamides is 1. The van der Waals surface area contributed by atoms with Gasteiger partial charge in [0, 0.05) is 10.6 Å². The first-order valence-electron chi connectivity index (χ1n) is 6.92. The van der Waals surface area contributed by atoms with Crippen molar-refractivity contribution < 1.29 is 8.42 Å². The third-order valence-electron chi connectivity index (χ3n) is 2.79. The van der Waals surface area contributed by atoms with Gasteiger partial charge in [-0.3, -0.25) is 4.72 Å². The summed E-state index contributed by atoms with van der Waals surface area (Å²) in [5, 5.41) is 3.27. The summed E-state index contributed by atoms with van der Waals surface area (Å²) in [5.41, 5.74) is 0.640. The maximum Gasteiger partial charge on any atom is 0.232 e. The number of hydrogen-bond donors (Lipinski definition) is 2. The minimum absolute atomic E-state index is 0.171. The van der Waals surface area contributed by atoms with Crippen LogP contribution in [0.3, 0.4) is 0 Å². The Labute approximate surface area is 126 Å². The summed E-state index contributed by atoms with van der Waals surface area (Å²) in [7, 11) is -3.24. The zero-order chi connectivity index (χ0) is 14.8. The van der Waals surface area contributed by atoms with Gasteiger partial charge in [-0.25, -0.2) is 8.42 Å². The number of unbranched alkanes of at least 4 members (excludes halogenated alkanes) is 1. The molecule has 0 aliphatic rings. The van der Waals surface area contributed by atoms with Crippen LogP contribution in [-0.4, -0.2) is 33.5 Å². The van der Waals surface area contributed by atoms with E-state index in [1.165, 1.54) is 0 Å². The molecule has 0 heterocycles.